The van der Waals surface area contributed by atoms with Crippen molar-refractivity contribution in [2.24, 2.45) is 0 Å². The Morgan fingerprint density at radius 3 is 2.58 bits per heavy atom. The second-order valence-electron chi connectivity index (χ2n) is 4.04. The van der Waals surface area contributed by atoms with Crippen LogP contribution in [0.5, 0.6) is 11.5 Å². The molecule has 2 rings (SSSR count). The van der Waals surface area contributed by atoms with Crippen molar-refractivity contribution in [2.75, 3.05) is 14.2 Å². The molecular weight excluding hydrogens is 248 g/mol. The number of esters is 2. The summed E-state index contributed by atoms with van der Waals surface area (Å²) in [6.07, 6.45) is 2.25. The third-order valence-corrected chi connectivity index (χ3v) is 2.83. The van der Waals surface area contributed by atoms with E-state index in [1.807, 2.05) is 0 Å². The summed E-state index contributed by atoms with van der Waals surface area (Å²) in [7, 11) is 3.11. The first-order valence-electron chi connectivity index (χ1n) is 5.81. The second kappa shape index (κ2) is 5.56. The quantitative estimate of drug-likeness (QED) is 0.473. The number of methoxy groups -OCH3 is 2. The van der Waals surface area contributed by atoms with Gasteiger partial charge in [0.15, 0.2) is 0 Å². The Balaban J connectivity index is 2.35. The van der Waals surface area contributed by atoms with Gasteiger partial charge in [-0.15, -0.1) is 0 Å². The summed E-state index contributed by atoms with van der Waals surface area (Å²) in [5, 5.41) is 0. The van der Waals surface area contributed by atoms with Crippen LogP contribution in [-0.4, -0.2) is 26.2 Å². The van der Waals surface area contributed by atoms with E-state index in [1.165, 1.54) is 0 Å². The predicted octanol–water partition coefficient (Wildman–Crippen LogP) is 1.95. The van der Waals surface area contributed by atoms with Crippen molar-refractivity contribution in [1.29, 1.82) is 0 Å². The Kier molecular flexibility index (Phi) is 3.85. The minimum Gasteiger partial charge on any atom is -0.497 e. The molecule has 1 fully saturated rings. The van der Waals surface area contributed by atoms with E-state index < -0.39 is 11.9 Å². The summed E-state index contributed by atoms with van der Waals surface area (Å²) in [5.41, 5.74) is 1.16. The van der Waals surface area contributed by atoms with Crippen LogP contribution >= 0.6 is 0 Å². The lowest BCUT2D eigenvalue weighted by Gasteiger charge is -2.13. The average Bonchev–Trinajstić information content (AvgIpc) is 2.41. The Morgan fingerprint density at radius 1 is 1.16 bits per heavy atom. The zero-order valence-corrected chi connectivity index (χ0v) is 10.8. The van der Waals surface area contributed by atoms with E-state index in [0.717, 1.165) is 0 Å². The van der Waals surface area contributed by atoms with E-state index in [9.17, 15) is 9.59 Å². The number of cyclic esters (lactones) is 2. The summed E-state index contributed by atoms with van der Waals surface area (Å²) in [5.74, 6) is 0.201. The fourth-order valence-electron chi connectivity index (χ4n) is 1.83. The van der Waals surface area contributed by atoms with E-state index in [2.05, 4.69) is 4.74 Å². The fourth-order valence-corrected chi connectivity index (χ4v) is 1.83. The number of hydrogen-bond donors (Lipinski definition) is 0. The normalized spacial score (nSPS) is 17.3. The molecule has 100 valence electrons. The minimum atomic E-state index is -0.596. The van der Waals surface area contributed by atoms with Gasteiger partial charge in [0.2, 0.25) is 0 Å². The molecule has 0 aromatic heterocycles. The number of carbonyl (C=O) groups is 2. The van der Waals surface area contributed by atoms with Gasteiger partial charge in [0.05, 0.1) is 20.6 Å². The maximum atomic E-state index is 11.6. The van der Waals surface area contributed by atoms with Gasteiger partial charge in [-0.1, -0.05) is 0 Å². The monoisotopic (exact) mass is 262 g/mol. The predicted molar refractivity (Wildman–Crippen MR) is 67.9 cm³/mol. The number of benzene rings is 1. The zero-order chi connectivity index (χ0) is 13.8. The van der Waals surface area contributed by atoms with Crippen molar-refractivity contribution >= 4 is 18.0 Å². The third-order valence-electron chi connectivity index (χ3n) is 2.83. The molecule has 0 radical (unpaired) electrons. The molecule has 0 unspecified atom stereocenters. The Bertz CT molecular complexity index is 545. The summed E-state index contributed by atoms with van der Waals surface area (Å²) >= 11 is 0. The molecule has 1 aliphatic rings. The highest BCUT2D eigenvalue weighted by molar-refractivity contribution is 6.02. The highest BCUT2D eigenvalue weighted by Gasteiger charge is 2.23. The van der Waals surface area contributed by atoms with Crippen molar-refractivity contribution in [1.82, 2.24) is 0 Å². The van der Waals surface area contributed by atoms with Crippen LogP contribution < -0.4 is 9.47 Å². The van der Waals surface area contributed by atoms with Crippen LogP contribution in [0.25, 0.3) is 6.08 Å². The molecule has 0 aliphatic carbocycles. The van der Waals surface area contributed by atoms with Crippen molar-refractivity contribution in [3.63, 3.8) is 0 Å². The molecule has 5 heteroatoms. The highest BCUT2D eigenvalue weighted by atomic mass is 16.6. The molecule has 19 heavy (non-hydrogen) atoms. The molecule has 1 heterocycles. The molecule has 0 saturated carbocycles. The number of hydrogen-bond acceptors (Lipinski definition) is 5. The first kappa shape index (κ1) is 13.1. The lowest BCUT2D eigenvalue weighted by Crippen LogP contribution is -2.20. The van der Waals surface area contributed by atoms with E-state index in [4.69, 9.17) is 9.47 Å². The van der Waals surface area contributed by atoms with Gasteiger partial charge in [0.1, 0.15) is 11.5 Å². The van der Waals surface area contributed by atoms with E-state index >= 15 is 0 Å². The number of rotatable bonds is 3. The topological polar surface area (TPSA) is 61.8 Å². The van der Waals surface area contributed by atoms with E-state index in [1.54, 1.807) is 38.5 Å². The SMILES string of the molecule is COc1ccc(OC)c(/C=C2\CCC(=O)OC2=O)c1. The van der Waals surface area contributed by atoms with Crippen LogP contribution in [0, 0.1) is 0 Å². The van der Waals surface area contributed by atoms with Crippen LogP contribution in [0.4, 0.5) is 0 Å². The highest BCUT2D eigenvalue weighted by Crippen LogP contribution is 2.28. The molecule has 0 amide bonds. The Morgan fingerprint density at radius 2 is 1.95 bits per heavy atom. The summed E-state index contributed by atoms with van der Waals surface area (Å²) in [6, 6.07) is 5.28. The molecular formula is C14H14O5. The van der Waals surface area contributed by atoms with Gasteiger partial charge in [-0.2, -0.15) is 0 Å². The third kappa shape index (κ3) is 2.93. The Labute approximate surface area is 110 Å². The maximum absolute atomic E-state index is 11.6. The first-order chi connectivity index (χ1) is 9.13. The number of carbonyl (C=O) groups excluding carboxylic acids is 2. The van der Waals surface area contributed by atoms with Crippen molar-refractivity contribution in [3.8, 4) is 11.5 Å². The first-order valence-corrected chi connectivity index (χ1v) is 5.81. The largest absolute Gasteiger partial charge is 0.497 e. The van der Waals surface area contributed by atoms with Crippen molar-refractivity contribution in [2.45, 2.75) is 12.8 Å². The Hall–Kier alpha value is -2.30. The van der Waals surface area contributed by atoms with Crippen LogP contribution in [-0.2, 0) is 14.3 Å². The zero-order valence-electron chi connectivity index (χ0n) is 10.8. The van der Waals surface area contributed by atoms with Gasteiger partial charge in [-0.3, -0.25) is 4.79 Å². The molecule has 1 aromatic carbocycles. The lowest BCUT2D eigenvalue weighted by molar-refractivity contribution is -0.159. The van der Waals surface area contributed by atoms with Gasteiger partial charge in [-0.25, -0.2) is 4.79 Å². The molecule has 1 saturated heterocycles. The van der Waals surface area contributed by atoms with Gasteiger partial charge in [0.25, 0.3) is 0 Å². The molecule has 0 N–H and O–H groups in total. The molecule has 5 nitrogen and oxygen atoms in total. The van der Waals surface area contributed by atoms with E-state index in [-0.39, 0.29) is 6.42 Å². The van der Waals surface area contributed by atoms with Gasteiger partial charge in [0, 0.05) is 11.1 Å². The summed E-state index contributed by atoms with van der Waals surface area (Å²) < 4.78 is 14.9. The van der Waals surface area contributed by atoms with E-state index in [0.29, 0.717) is 29.1 Å². The van der Waals surface area contributed by atoms with Gasteiger partial charge < -0.3 is 14.2 Å². The lowest BCUT2D eigenvalue weighted by atomic mass is 10.0. The summed E-state index contributed by atoms with van der Waals surface area (Å²) in [6.45, 7) is 0. The van der Waals surface area contributed by atoms with Crippen molar-refractivity contribution in [3.05, 3.63) is 29.3 Å². The summed E-state index contributed by atoms with van der Waals surface area (Å²) in [4.78, 5) is 22.6. The average molecular weight is 262 g/mol. The van der Waals surface area contributed by atoms with Crippen LogP contribution in [0.1, 0.15) is 18.4 Å². The molecule has 1 aromatic rings. The van der Waals surface area contributed by atoms with Gasteiger partial charge >= 0.3 is 11.9 Å². The number of ether oxygens (including phenoxy) is 3. The standard InChI is InChI=1S/C14H14O5/c1-17-11-4-5-12(18-2)10(8-11)7-9-3-6-13(15)19-14(9)16/h4-5,7-8H,3,6H2,1-2H3/b9-7+. The molecule has 1 aliphatic heterocycles. The smallest absolute Gasteiger partial charge is 0.341 e. The molecule has 0 bridgehead atoms. The minimum absolute atomic E-state index is 0.212. The molecule has 0 spiro atoms. The van der Waals surface area contributed by atoms with Crippen LogP contribution in [0.3, 0.4) is 0 Å². The van der Waals surface area contributed by atoms with Crippen LogP contribution in [0.15, 0.2) is 23.8 Å². The molecule has 0 atom stereocenters. The maximum Gasteiger partial charge on any atom is 0.341 e. The second-order valence-corrected chi connectivity index (χ2v) is 4.04. The van der Waals surface area contributed by atoms with Crippen molar-refractivity contribution < 1.29 is 23.8 Å². The van der Waals surface area contributed by atoms with Gasteiger partial charge in [-0.05, 0) is 30.7 Å². The van der Waals surface area contributed by atoms with Crippen LogP contribution in [0.2, 0.25) is 0 Å². The fraction of sp³-hybridized carbons (Fsp3) is 0.286.